The van der Waals surface area contributed by atoms with Crippen LogP contribution in [-0.4, -0.2) is 47.6 Å². The molecule has 0 saturated carbocycles. The fraction of sp³-hybridized carbons (Fsp3) is 0.273. The number of nitrogens with one attached hydrogen (secondary N) is 1. The van der Waals surface area contributed by atoms with Crippen LogP contribution >= 0.6 is 0 Å². The van der Waals surface area contributed by atoms with Gasteiger partial charge in [0.2, 0.25) is 5.91 Å². The first-order chi connectivity index (χ1) is 7.91. The number of rotatable bonds is 3. The predicted molar refractivity (Wildman–Crippen MR) is 60.8 cm³/mol. The van der Waals surface area contributed by atoms with E-state index in [-0.39, 0.29) is 29.5 Å². The zero-order chi connectivity index (χ0) is 13.0. The summed E-state index contributed by atoms with van der Waals surface area (Å²) < 4.78 is 0. The molecule has 6 heteroatoms. The van der Waals surface area contributed by atoms with Gasteiger partial charge in [0.05, 0.1) is 6.54 Å². The van der Waals surface area contributed by atoms with Crippen molar-refractivity contribution in [3.63, 3.8) is 0 Å². The Hall–Kier alpha value is -2.24. The third-order valence-electron chi connectivity index (χ3n) is 2.14. The summed E-state index contributed by atoms with van der Waals surface area (Å²) in [4.78, 5) is 24.1. The number of aromatic hydroxyl groups is 2. The van der Waals surface area contributed by atoms with Crippen molar-refractivity contribution in [1.82, 2.24) is 10.2 Å². The van der Waals surface area contributed by atoms with Crippen LogP contribution in [0.25, 0.3) is 0 Å². The Kier molecular flexibility index (Phi) is 3.92. The van der Waals surface area contributed by atoms with Gasteiger partial charge in [-0.3, -0.25) is 9.59 Å². The van der Waals surface area contributed by atoms with Crippen LogP contribution in [0.4, 0.5) is 0 Å². The molecule has 0 fully saturated rings. The van der Waals surface area contributed by atoms with Gasteiger partial charge in [0, 0.05) is 19.7 Å². The van der Waals surface area contributed by atoms with E-state index in [2.05, 4.69) is 5.32 Å². The molecule has 1 rings (SSSR count). The molecule has 0 bridgehead atoms. The highest BCUT2D eigenvalue weighted by molar-refractivity contribution is 5.96. The van der Waals surface area contributed by atoms with Crippen molar-refractivity contribution in [2.75, 3.05) is 20.6 Å². The molecule has 0 aliphatic heterocycles. The Morgan fingerprint density at radius 1 is 1.24 bits per heavy atom. The standard InChI is InChI=1S/C11H14N2O4/c1-13(2)10(16)6-12-11(17)7-3-4-8(14)9(15)5-7/h3-5,14-15H,6H2,1-2H3,(H,12,17). The summed E-state index contributed by atoms with van der Waals surface area (Å²) in [5, 5.41) is 20.7. The maximum Gasteiger partial charge on any atom is 0.251 e. The number of nitrogens with zero attached hydrogens (tertiary/aromatic N) is 1. The van der Waals surface area contributed by atoms with Crippen molar-refractivity contribution in [2.45, 2.75) is 0 Å². The minimum Gasteiger partial charge on any atom is -0.504 e. The van der Waals surface area contributed by atoms with Crippen LogP contribution in [0.3, 0.4) is 0 Å². The molecule has 2 amide bonds. The summed E-state index contributed by atoms with van der Waals surface area (Å²) in [7, 11) is 3.17. The SMILES string of the molecule is CN(C)C(=O)CNC(=O)c1ccc(O)c(O)c1. The number of hydrogen-bond donors (Lipinski definition) is 3. The lowest BCUT2D eigenvalue weighted by Crippen LogP contribution is -2.36. The summed E-state index contributed by atoms with van der Waals surface area (Å²) in [6, 6.07) is 3.69. The average Bonchev–Trinajstić information content (AvgIpc) is 2.28. The minimum atomic E-state index is -0.490. The highest BCUT2D eigenvalue weighted by Gasteiger charge is 2.10. The van der Waals surface area contributed by atoms with Crippen LogP contribution < -0.4 is 5.32 Å². The number of phenolic OH excluding ortho intramolecular Hbond substituents is 2. The van der Waals surface area contributed by atoms with Gasteiger partial charge in [-0.05, 0) is 18.2 Å². The number of likely N-dealkylation sites (N-methyl/N-ethyl adjacent to an activating group) is 1. The van der Waals surface area contributed by atoms with Crippen LogP contribution in [0.1, 0.15) is 10.4 Å². The summed E-state index contributed by atoms with van der Waals surface area (Å²) >= 11 is 0. The van der Waals surface area contributed by atoms with E-state index in [1.54, 1.807) is 14.1 Å². The molecule has 0 aliphatic rings. The predicted octanol–water partition coefficient (Wildman–Crippen LogP) is -0.0842. The first-order valence-electron chi connectivity index (χ1n) is 4.92. The molecular weight excluding hydrogens is 224 g/mol. The fourth-order valence-electron chi connectivity index (χ4n) is 1.08. The first-order valence-corrected chi connectivity index (χ1v) is 4.92. The van der Waals surface area contributed by atoms with Gasteiger partial charge in [-0.1, -0.05) is 0 Å². The van der Waals surface area contributed by atoms with Gasteiger partial charge in [-0.15, -0.1) is 0 Å². The van der Waals surface area contributed by atoms with Crippen LogP contribution in [0.2, 0.25) is 0 Å². The van der Waals surface area contributed by atoms with Crippen LogP contribution in [0.5, 0.6) is 11.5 Å². The molecule has 0 atom stereocenters. The third-order valence-corrected chi connectivity index (χ3v) is 2.14. The highest BCUT2D eigenvalue weighted by Crippen LogP contribution is 2.24. The van der Waals surface area contributed by atoms with E-state index in [4.69, 9.17) is 5.11 Å². The lowest BCUT2D eigenvalue weighted by molar-refractivity contribution is -0.127. The molecule has 0 radical (unpaired) electrons. The van der Waals surface area contributed by atoms with E-state index in [0.29, 0.717) is 0 Å². The number of benzene rings is 1. The molecule has 0 spiro atoms. The van der Waals surface area contributed by atoms with Crippen molar-refractivity contribution in [2.24, 2.45) is 0 Å². The lowest BCUT2D eigenvalue weighted by atomic mass is 10.2. The van der Waals surface area contributed by atoms with E-state index in [9.17, 15) is 14.7 Å². The molecule has 3 N–H and O–H groups in total. The second kappa shape index (κ2) is 5.20. The summed E-state index contributed by atoms with van der Waals surface area (Å²) in [5.41, 5.74) is 0.173. The van der Waals surface area contributed by atoms with E-state index in [1.165, 1.54) is 17.0 Å². The number of carbonyl (C=O) groups excluding carboxylic acids is 2. The number of amides is 2. The normalized spacial score (nSPS) is 9.76. The molecule has 92 valence electrons. The zero-order valence-electron chi connectivity index (χ0n) is 9.60. The van der Waals surface area contributed by atoms with E-state index in [0.717, 1.165) is 6.07 Å². The molecule has 0 aromatic heterocycles. The molecular formula is C11H14N2O4. The van der Waals surface area contributed by atoms with Gasteiger partial charge in [-0.2, -0.15) is 0 Å². The third kappa shape index (κ3) is 3.37. The summed E-state index contributed by atoms with van der Waals surface area (Å²) in [6.07, 6.45) is 0. The second-order valence-corrected chi connectivity index (χ2v) is 3.67. The zero-order valence-corrected chi connectivity index (χ0v) is 9.60. The monoisotopic (exact) mass is 238 g/mol. The van der Waals surface area contributed by atoms with E-state index >= 15 is 0 Å². The number of carbonyl (C=O) groups is 2. The minimum absolute atomic E-state index is 0.118. The molecule has 0 saturated heterocycles. The molecule has 0 aliphatic carbocycles. The van der Waals surface area contributed by atoms with Crippen molar-refractivity contribution < 1.29 is 19.8 Å². The molecule has 1 aromatic rings. The first kappa shape index (κ1) is 12.8. The van der Waals surface area contributed by atoms with E-state index < -0.39 is 5.91 Å². The Bertz CT molecular complexity index is 443. The van der Waals surface area contributed by atoms with Crippen LogP contribution in [0.15, 0.2) is 18.2 Å². The Labute approximate surface area is 98.5 Å². The van der Waals surface area contributed by atoms with Crippen molar-refractivity contribution in [3.8, 4) is 11.5 Å². The van der Waals surface area contributed by atoms with Crippen molar-refractivity contribution in [1.29, 1.82) is 0 Å². The van der Waals surface area contributed by atoms with Gasteiger partial charge in [0.25, 0.3) is 5.91 Å². The van der Waals surface area contributed by atoms with Gasteiger partial charge in [0.15, 0.2) is 11.5 Å². The van der Waals surface area contributed by atoms with Gasteiger partial charge in [-0.25, -0.2) is 0 Å². The molecule has 6 nitrogen and oxygen atoms in total. The fourth-order valence-corrected chi connectivity index (χ4v) is 1.08. The smallest absolute Gasteiger partial charge is 0.251 e. The second-order valence-electron chi connectivity index (χ2n) is 3.67. The van der Waals surface area contributed by atoms with Crippen LogP contribution in [-0.2, 0) is 4.79 Å². The summed E-state index contributed by atoms with van der Waals surface area (Å²) in [5.74, 6) is -1.40. The van der Waals surface area contributed by atoms with Crippen molar-refractivity contribution >= 4 is 11.8 Å². The number of hydrogen-bond acceptors (Lipinski definition) is 4. The quantitative estimate of drug-likeness (QED) is 0.642. The van der Waals surface area contributed by atoms with Gasteiger partial charge < -0.3 is 20.4 Å². The highest BCUT2D eigenvalue weighted by atomic mass is 16.3. The van der Waals surface area contributed by atoms with Gasteiger partial charge in [0.1, 0.15) is 0 Å². The molecule has 1 aromatic carbocycles. The van der Waals surface area contributed by atoms with E-state index in [1.807, 2.05) is 0 Å². The van der Waals surface area contributed by atoms with Crippen LogP contribution in [0, 0.1) is 0 Å². The maximum atomic E-state index is 11.6. The Morgan fingerprint density at radius 3 is 2.41 bits per heavy atom. The molecule has 0 heterocycles. The lowest BCUT2D eigenvalue weighted by Gasteiger charge is -2.11. The van der Waals surface area contributed by atoms with Crippen molar-refractivity contribution in [3.05, 3.63) is 23.8 Å². The Balaban J connectivity index is 2.64. The Morgan fingerprint density at radius 2 is 1.88 bits per heavy atom. The summed E-state index contributed by atoms with van der Waals surface area (Å²) in [6.45, 7) is -0.118. The average molecular weight is 238 g/mol. The van der Waals surface area contributed by atoms with Gasteiger partial charge >= 0.3 is 0 Å². The largest absolute Gasteiger partial charge is 0.504 e. The molecule has 17 heavy (non-hydrogen) atoms. The topological polar surface area (TPSA) is 89.9 Å². The number of phenols is 2. The molecule has 0 unspecified atom stereocenters. The maximum absolute atomic E-state index is 11.6.